The van der Waals surface area contributed by atoms with Gasteiger partial charge in [0.15, 0.2) is 17.3 Å². The summed E-state index contributed by atoms with van der Waals surface area (Å²) in [6.45, 7) is 4.88. The Balaban J connectivity index is 1.59. The fraction of sp³-hybridized carbons (Fsp3) is 0.588. The van der Waals surface area contributed by atoms with E-state index in [9.17, 15) is 14.4 Å². The number of Topliss-reactive ketones (excluding diaryl/α,β-unsaturated/α-hetero) is 1. The first kappa shape index (κ1) is 31.6. The first-order chi connectivity index (χ1) is 19.5. The molecule has 1 fully saturated rings. The molecule has 3 rings (SSSR count). The minimum atomic E-state index is -0.570. The van der Waals surface area contributed by atoms with Crippen molar-refractivity contribution in [2.45, 2.75) is 89.4 Å². The molecule has 0 spiro atoms. The van der Waals surface area contributed by atoms with Gasteiger partial charge < -0.3 is 14.4 Å². The number of piperidine rings is 1. The lowest BCUT2D eigenvalue weighted by Crippen LogP contribution is -2.37. The van der Waals surface area contributed by atoms with Crippen molar-refractivity contribution in [1.29, 1.82) is 5.26 Å². The molecular formula is C34H47FN2O3. The molecule has 1 aliphatic rings. The maximum Gasteiger partial charge on any atom is 0.166 e. The van der Waals surface area contributed by atoms with Gasteiger partial charge in [0.25, 0.3) is 0 Å². The molecule has 0 amide bonds. The maximum atomic E-state index is 13.2. The van der Waals surface area contributed by atoms with Crippen LogP contribution in [0.1, 0.15) is 99.9 Å². The number of nitriles is 1. The fourth-order valence-electron chi connectivity index (χ4n) is 5.98. The SMILES string of the molecule is CCCCCCCCCC(C#N)(CCCN1CCC(C(=O)c2ccc(F)cc2)CC1)c1ccc(OC)c(OC)c1. The summed E-state index contributed by atoms with van der Waals surface area (Å²) in [7, 11) is 3.26. The zero-order valence-electron chi connectivity index (χ0n) is 24.7. The molecule has 0 radical (unpaired) electrons. The average molecular weight is 551 g/mol. The average Bonchev–Trinajstić information content (AvgIpc) is 2.99. The number of halogens is 1. The highest BCUT2D eigenvalue weighted by Crippen LogP contribution is 2.39. The third-order valence-electron chi connectivity index (χ3n) is 8.52. The zero-order valence-corrected chi connectivity index (χ0v) is 24.7. The predicted molar refractivity (Wildman–Crippen MR) is 159 cm³/mol. The smallest absolute Gasteiger partial charge is 0.166 e. The van der Waals surface area contributed by atoms with Crippen LogP contribution in [0.3, 0.4) is 0 Å². The number of unbranched alkanes of at least 4 members (excludes halogenated alkanes) is 6. The van der Waals surface area contributed by atoms with Crippen LogP contribution >= 0.6 is 0 Å². The number of hydrogen-bond donors (Lipinski definition) is 0. The molecule has 2 aromatic carbocycles. The Morgan fingerprint density at radius 3 is 2.17 bits per heavy atom. The topological polar surface area (TPSA) is 62.6 Å². The molecular weight excluding hydrogens is 503 g/mol. The lowest BCUT2D eigenvalue weighted by Gasteiger charge is -2.33. The first-order valence-corrected chi connectivity index (χ1v) is 15.1. The Labute approximate surface area is 240 Å². The summed E-state index contributed by atoms with van der Waals surface area (Å²) in [6, 6.07) is 14.5. The Morgan fingerprint density at radius 2 is 1.55 bits per heavy atom. The minimum absolute atomic E-state index is 0.0102. The van der Waals surface area contributed by atoms with Crippen LogP contribution in [0.25, 0.3) is 0 Å². The molecule has 40 heavy (non-hydrogen) atoms. The molecule has 1 unspecified atom stereocenters. The van der Waals surface area contributed by atoms with Gasteiger partial charge in [-0.05, 0) is 93.7 Å². The van der Waals surface area contributed by atoms with E-state index >= 15 is 0 Å². The lowest BCUT2D eigenvalue weighted by molar-refractivity contribution is 0.0838. The van der Waals surface area contributed by atoms with E-state index in [1.165, 1.54) is 44.2 Å². The number of carbonyl (C=O) groups is 1. The molecule has 0 aliphatic carbocycles. The predicted octanol–water partition coefficient (Wildman–Crippen LogP) is 8.12. The molecule has 2 aromatic rings. The largest absolute Gasteiger partial charge is 0.493 e. The lowest BCUT2D eigenvalue weighted by atomic mass is 9.74. The number of ether oxygens (including phenoxy) is 2. The molecule has 1 saturated heterocycles. The van der Waals surface area contributed by atoms with Crippen LogP contribution in [-0.2, 0) is 5.41 Å². The second kappa shape index (κ2) is 16.4. The Hall–Kier alpha value is -2.91. The monoisotopic (exact) mass is 550 g/mol. The van der Waals surface area contributed by atoms with Crippen molar-refractivity contribution in [2.24, 2.45) is 5.92 Å². The van der Waals surface area contributed by atoms with Crippen molar-refractivity contribution in [1.82, 2.24) is 4.90 Å². The van der Waals surface area contributed by atoms with Gasteiger partial charge in [-0.3, -0.25) is 4.79 Å². The number of ketones is 1. The van der Waals surface area contributed by atoms with Crippen LogP contribution in [0, 0.1) is 23.1 Å². The molecule has 0 aromatic heterocycles. The molecule has 0 N–H and O–H groups in total. The summed E-state index contributed by atoms with van der Waals surface area (Å²) in [4.78, 5) is 15.3. The third-order valence-corrected chi connectivity index (χ3v) is 8.52. The molecule has 0 bridgehead atoms. The number of benzene rings is 2. The Bertz CT molecular complexity index is 1090. The van der Waals surface area contributed by atoms with E-state index in [-0.39, 0.29) is 17.5 Å². The molecule has 6 heteroatoms. The van der Waals surface area contributed by atoms with Crippen molar-refractivity contribution in [3.05, 3.63) is 59.4 Å². The van der Waals surface area contributed by atoms with E-state index in [0.717, 1.165) is 70.1 Å². The third kappa shape index (κ3) is 8.80. The van der Waals surface area contributed by atoms with E-state index in [0.29, 0.717) is 17.1 Å². The fourth-order valence-corrected chi connectivity index (χ4v) is 5.98. The van der Waals surface area contributed by atoms with E-state index in [4.69, 9.17) is 9.47 Å². The summed E-state index contributed by atoms with van der Waals surface area (Å²) >= 11 is 0. The van der Waals surface area contributed by atoms with Crippen molar-refractivity contribution >= 4 is 5.78 Å². The van der Waals surface area contributed by atoms with E-state index in [1.54, 1.807) is 26.4 Å². The highest BCUT2D eigenvalue weighted by Gasteiger charge is 2.33. The van der Waals surface area contributed by atoms with E-state index in [2.05, 4.69) is 17.9 Å². The van der Waals surface area contributed by atoms with E-state index in [1.807, 2.05) is 18.2 Å². The molecule has 1 heterocycles. The van der Waals surface area contributed by atoms with E-state index < -0.39 is 5.41 Å². The second-order valence-corrected chi connectivity index (χ2v) is 11.2. The van der Waals surface area contributed by atoms with Gasteiger partial charge in [0.2, 0.25) is 0 Å². The number of hydrogen-bond acceptors (Lipinski definition) is 5. The summed E-state index contributed by atoms with van der Waals surface area (Å²) in [6.07, 6.45) is 12.7. The second-order valence-electron chi connectivity index (χ2n) is 11.2. The van der Waals surface area contributed by atoms with Gasteiger partial charge in [-0.1, -0.05) is 57.9 Å². The summed E-state index contributed by atoms with van der Waals surface area (Å²) in [5.74, 6) is 1.12. The summed E-state index contributed by atoms with van der Waals surface area (Å²) in [5, 5.41) is 10.6. The normalized spacial score (nSPS) is 15.8. The Morgan fingerprint density at radius 1 is 0.925 bits per heavy atom. The van der Waals surface area contributed by atoms with Gasteiger partial charge in [0.05, 0.1) is 25.7 Å². The van der Waals surface area contributed by atoms with Crippen LogP contribution < -0.4 is 9.47 Å². The Kier molecular flexibility index (Phi) is 12.9. The van der Waals surface area contributed by atoms with Crippen molar-refractivity contribution in [2.75, 3.05) is 33.9 Å². The highest BCUT2D eigenvalue weighted by atomic mass is 19.1. The van der Waals surface area contributed by atoms with Gasteiger partial charge in [-0.25, -0.2) is 4.39 Å². The number of carbonyl (C=O) groups excluding carboxylic acids is 1. The van der Waals surface area contributed by atoms with Crippen LogP contribution in [0.2, 0.25) is 0 Å². The van der Waals surface area contributed by atoms with Crippen molar-refractivity contribution in [3.8, 4) is 17.6 Å². The van der Waals surface area contributed by atoms with Gasteiger partial charge in [0.1, 0.15) is 5.82 Å². The van der Waals surface area contributed by atoms with Gasteiger partial charge in [-0.2, -0.15) is 5.26 Å². The molecule has 1 atom stereocenters. The minimum Gasteiger partial charge on any atom is -0.493 e. The van der Waals surface area contributed by atoms with Gasteiger partial charge in [-0.15, -0.1) is 0 Å². The standard InChI is InChI=1S/C34H47FN2O3/c1-4-5-6-7-8-9-10-20-34(26-36,29-14-17-31(39-2)32(25-29)40-3)21-11-22-37-23-18-28(19-24-37)33(38)27-12-15-30(35)16-13-27/h12-17,25,28H,4-11,18-24H2,1-3H3. The van der Waals surface area contributed by atoms with Crippen molar-refractivity contribution < 1.29 is 18.7 Å². The summed E-state index contributed by atoms with van der Waals surface area (Å²) in [5.41, 5.74) is 1.03. The molecule has 218 valence electrons. The number of methoxy groups -OCH3 is 2. The van der Waals surface area contributed by atoms with Crippen LogP contribution in [0.15, 0.2) is 42.5 Å². The number of nitrogens with zero attached hydrogens (tertiary/aromatic N) is 2. The first-order valence-electron chi connectivity index (χ1n) is 15.1. The molecule has 1 aliphatic heterocycles. The maximum absolute atomic E-state index is 13.2. The number of likely N-dealkylation sites (tertiary alicyclic amines) is 1. The quantitative estimate of drug-likeness (QED) is 0.147. The zero-order chi connectivity index (χ0) is 28.8. The van der Waals surface area contributed by atoms with Gasteiger partial charge >= 0.3 is 0 Å². The van der Waals surface area contributed by atoms with Crippen molar-refractivity contribution in [3.63, 3.8) is 0 Å². The molecule has 0 saturated carbocycles. The number of rotatable bonds is 17. The van der Waals surface area contributed by atoms with Crippen LogP contribution in [0.5, 0.6) is 11.5 Å². The summed E-state index contributed by atoms with van der Waals surface area (Å²) < 4.78 is 24.3. The van der Waals surface area contributed by atoms with Crippen LogP contribution in [0.4, 0.5) is 4.39 Å². The van der Waals surface area contributed by atoms with Crippen LogP contribution in [-0.4, -0.2) is 44.5 Å². The van der Waals surface area contributed by atoms with Gasteiger partial charge in [0, 0.05) is 11.5 Å². The molecule has 5 nitrogen and oxygen atoms in total. The highest BCUT2D eigenvalue weighted by molar-refractivity contribution is 5.97.